The van der Waals surface area contributed by atoms with Gasteiger partial charge in [0.15, 0.2) is 0 Å². The summed E-state index contributed by atoms with van der Waals surface area (Å²) in [5.41, 5.74) is 1.24. The molecule has 1 aromatic carbocycles. The highest BCUT2D eigenvalue weighted by atomic mass is 35.5. The Morgan fingerprint density at radius 2 is 1.81 bits per heavy atom. The molecule has 1 unspecified atom stereocenters. The van der Waals surface area contributed by atoms with E-state index in [0.29, 0.717) is 16.4 Å². The zero-order valence-corrected chi connectivity index (χ0v) is 14.0. The average Bonchev–Trinajstić information content (AvgIpc) is 2.46. The summed E-state index contributed by atoms with van der Waals surface area (Å²) in [6.45, 7) is 6.96. The third-order valence-electron chi connectivity index (χ3n) is 4.79. The third-order valence-corrected chi connectivity index (χ3v) is 5.12. The molecule has 1 aliphatic rings. The largest absolute Gasteiger partial charge is 0.368 e. The van der Waals surface area contributed by atoms with E-state index >= 15 is 0 Å². The van der Waals surface area contributed by atoms with Crippen LogP contribution < -0.4 is 5.32 Å². The third kappa shape index (κ3) is 4.14. The molecule has 0 aromatic heterocycles. The van der Waals surface area contributed by atoms with Gasteiger partial charge in [0.05, 0.1) is 16.8 Å². The summed E-state index contributed by atoms with van der Waals surface area (Å²) in [7, 11) is 0. The van der Waals surface area contributed by atoms with Crippen molar-refractivity contribution in [2.75, 3.05) is 5.32 Å². The summed E-state index contributed by atoms with van der Waals surface area (Å²) in [5, 5.41) is 13.5. The summed E-state index contributed by atoms with van der Waals surface area (Å²) in [6.07, 6.45) is 4.68. The molecule has 0 spiro atoms. The summed E-state index contributed by atoms with van der Waals surface area (Å²) >= 11 is 6.18. The maximum absolute atomic E-state index is 9.50. The molecule has 1 aromatic rings. The maximum atomic E-state index is 9.50. The molecule has 21 heavy (non-hydrogen) atoms. The Balaban J connectivity index is 1.98. The minimum Gasteiger partial charge on any atom is -0.368 e. The van der Waals surface area contributed by atoms with Gasteiger partial charge in [-0.3, -0.25) is 0 Å². The van der Waals surface area contributed by atoms with E-state index in [4.69, 9.17) is 11.6 Å². The van der Waals surface area contributed by atoms with Gasteiger partial charge >= 0.3 is 0 Å². The van der Waals surface area contributed by atoms with Gasteiger partial charge < -0.3 is 5.32 Å². The van der Waals surface area contributed by atoms with Crippen LogP contribution in [0, 0.1) is 28.6 Å². The number of rotatable bonds is 3. The van der Waals surface area contributed by atoms with Crippen molar-refractivity contribution in [2.24, 2.45) is 17.3 Å². The second-order valence-corrected chi connectivity index (χ2v) is 7.62. The van der Waals surface area contributed by atoms with Crippen molar-refractivity contribution in [2.45, 2.75) is 52.5 Å². The van der Waals surface area contributed by atoms with Gasteiger partial charge in [-0.15, -0.1) is 0 Å². The van der Waals surface area contributed by atoms with Gasteiger partial charge in [0, 0.05) is 0 Å². The normalized spacial score (nSPS) is 24.1. The Kier molecular flexibility index (Phi) is 5.17. The molecule has 2 rings (SSSR count). The number of anilines is 1. The molecule has 0 bridgehead atoms. The van der Waals surface area contributed by atoms with Crippen molar-refractivity contribution < 1.29 is 0 Å². The number of halogens is 1. The predicted octanol–water partition coefficient (Wildman–Crippen LogP) is 5.50. The van der Waals surface area contributed by atoms with Crippen LogP contribution in [0.1, 0.15) is 46.5 Å². The summed E-state index contributed by atoms with van der Waals surface area (Å²) in [5.74, 6) is 1.19. The Labute approximate surface area is 133 Å². The van der Waals surface area contributed by atoms with E-state index in [1.807, 2.05) is 24.3 Å². The van der Waals surface area contributed by atoms with Crippen LogP contribution in [0.4, 0.5) is 5.69 Å². The first-order valence-corrected chi connectivity index (χ1v) is 8.20. The van der Waals surface area contributed by atoms with E-state index in [2.05, 4.69) is 32.2 Å². The first-order chi connectivity index (χ1) is 9.91. The molecule has 0 saturated heterocycles. The predicted molar refractivity (Wildman–Crippen MR) is 89.4 cm³/mol. The molecule has 2 nitrogen and oxygen atoms in total. The average molecular weight is 305 g/mol. The van der Waals surface area contributed by atoms with E-state index in [-0.39, 0.29) is 6.04 Å². The molecule has 1 aliphatic carbocycles. The Morgan fingerprint density at radius 3 is 2.33 bits per heavy atom. The lowest BCUT2D eigenvalue weighted by molar-refractivity contribution is 0.148. The smallest absolute Gasteiger partial charge is 0.117 e. The highest BCUT2D eigenvalue weighted by Crippen LogP contribution is 2.41. The van der Waals surface area contributed by atoms with Gasteiger partial charge in [-0.1, -0.05) is 44.5 Å². The second-order valence-electron chi connectivity index (χ2n) is 7.21. The zero-order valence-electron chi connectivity index (χ0n) is 13.2. The van der Waals surface area contributed by atoms with E-state index in [1.54, 1.807) is 0 Å². The number of nitrogens with one attached hydrogen (secondary N) is 1. The Bertz CT molecular complexity index is 505. The fourth-order valence-electron chi connectivity index (χ4n) is 3.32. The SMILES string of the molecule is CC(C)(C)C1CCC(C(C#N)Nc2ccccc2Cl)CC1. The summed E-state index contributed by atoms with van der Waals surface area (Å²) in [6, 6.07) is 9.93. The monoisotopic (exact) mass is 304 g/mol. The van der Waals surface area contributed by atoms with Gasteiger partial charge in [0.25, 0.3) is 0 Å². The molecule has 0 radical (unpaired) electrons. The fraction of sp³-hybridized carbons (Fsp3) is 0.611. The van der Waals surface area contributed by atoms with Crippen molar-refractivity contribution >= 4 is 17.3 Å². The molecule has 1 N–H and O–H groups in total. The summed E-state index contributed by atoms with van der Waals surface area (Å²) < 4.78 is 0. The first kappa shape index (κ1) is 16.2. The van der Waals surface area contributed by atoms with Gasteiger partial charge in [0.2, 0.25) is 0 Å². The van der Waals surface area contributed by atoms with Crippen molar-refractivity contribution in [3.05, 3.63) is 29.3 Å². The molecule has 114 valence electrons. The molecule has 3 heteroatoms. The van der Waals surface area contributed by atoms with E-state index in [0.717, 1.165) is 24.4 Å². The van der Waals surface area contributed by atoms with Crippen LogP contribution in [-0.4, -0.2) is 6.04 Å². The molecule has 0 heterocycles. The minimum absolute atomic E-state index is 0.147. The van der Waals surface area contributed by atoms with Crippen LogP contribution >= 0.6 is 11.6 Å². The van der Waals surface area contributed by atoms with Gasteiger partial charge in [-0.25, -0.2) is 0 Å². The van der Waals surface area contributed by atoms with Crippen molar-refractivity contribution in [3.8, 4) is 6.07 Å². The number of hydrogen-bond donors (Lipinski definition) is 1. The molecular weight excluding hydrogens is 280 g/mol. The Morgan fingerprint density at radius 1 is 1.19 bits per heavy atom. The van der Waals surface area contributed by atoms with Crippen LogP contribution in [0.25, 0.3) is 0 Å². The maximum Gasteiger partial charge on any atom is 0.117 e. The van der Waals surface area contributed by atoms with Gasteiger partial charge in [0.1, 0.15) is 6.04 Å². The van der Waals surface area contributed by atoms with E-state index in [9.17, 15) is 5.26 Å². The van der Waals surface area contributed by atoms with Crippen molar-refractivity contribution in [3.63, 3.8) is 0 Å². The highest BCUT2D eigenvalue weighted by Gasteiger charge is 2.33. The molecule has 1 atom stereocenters. The molecule has 0 amide bonds. The van der Waals surface area contributed by atoms with Gasteiger partial charge in [-0.05, 0) is 55.1 Å². The zero-order chi connectivity index (χ0) is 15.5. The number of benzene rings is 1. The standard InChI is InChI=1S/C18H25ClN2/c1-18(2,3)14-10-8-13(9-11-14)17(12-20)21-16-7-5-4-6-15(16)19/h4-7,13-14,17,21H,8-11H2,1-3H3. The van der Waals surface area contributed by atoms with Gasteiger partial charge in [-0.2, -0.15) is 5.26 Å². The first-order valence-electron chi connectivity index (χ1n) is 7.82. The molecular formula is C18H25ClN2. The lowest BCUT2D eigenvalue weighted by Crippen LogP contribution is -2.34. The lowest BCUT2D eigenvalue weighted by atomic mass is 9.68. The quantitative estimate of drug-likeness (QED) is 0.800. The number of nitriles is 1. The van der Waals surface area contributed by atoms with E-state index in [1.165, 1.54) is 12.8 Å². The molecule has 1 saturated carbocycles. The number of hydrogen-bond acceptors (Lipinski definition) is 2. The topological polar surface area (TPSA) is 35.8 Å². The van der Waals surface area contributed by atoms with Crippen LogP contribution in [0.3, 0.4) is 0 Å². The molecule has 0 aliphatic heterocycles. The molecule has 1 fully saturated rings. The highest BCUT2D eigenvalue weighted by molar-refractivity contribution is 6.33. The number of para-hydroxylation sites is 1. The van der Waals surface area contributed by atoms with Crippen LogP contribution in [0.15, 0.2) is 24.3 Å². The minimum atomic E-state index is -0.147. The van der Waals surface area contributed by atoms with E-state index < -0.39 is 0 Å². The second kappa shape index (κ2) is 6.71. The van der Waals surface area contributed by atoms with Crippen molar-refractivity contribution in [1.82, 2.24) is 0 Å². The van der Waals surface area contributed by atoms with Crippen LogP contribution in [0.5, 0.6) is 0 Å². The lowest BCUT2D eigenvalue weighted by Gasteiger charge is -2.38. The Hall–Kier alpha value is -1.20. The number of nitrogens with zero attached hydrogens (tertiary/aromatic N) is 1. The van der Waals surface area contributed by atoms with Crippen molar-refractivity contribution in [1.29, 1.82) is 5.26 Å². The summed E-state index contributed by atoms with van der Waals surface area (Å²) in [4.78, 5) is 0. The fourth-order valence-corrected chi connectivity index (χ4v) is 3.51. The van der Waals surface area contributed by atoms with Crippen LogP contribution in [0.2, 0.25) is 5.02 Å². The van der Waals surface area contributed by atoms with Crippen LogP contribution in [-0.2, 0) is 0 Å².